The number of rotatable bonds is 10. The van der Waals surface area contributed by atoms with Crippen molar-refractivity contribution in [2.75, 3.05) is 24.7 Å². The van der Waals surface area contributed by atoms with Crippen molar-refractivity contribution in [3.63, 3.8) is 0 Å². The predicted molar refractivity (Wildman–Crippen MR) is 131 cm³/mol. The van der Waals surface area contributed by atoms with Crippen LogP contribution in [0.2, 0.25) is 0 Å². The summed E-state index contributed by atoms with van der Waals surface area (Å²) in [5.74, 6) is 0.690. The van der Waals surface area contributed by atoms with Gasteiger partial charge in [-0.15, -0.1) is 11.8 Å². The molecule has 0 fully saturated rings. The molecule has 0 saturated carbocycles. The molecule has 3 rings (SSSR count). The molecular formula is C23H30N4O3S2. The molecular weight excluding hydrogens is 444 g/mol. The molecule has 1 amide bonds. The highest BCUT2D eigenvalue weighted by molar-refractivity contribution is 7.98. The normalized spacial score (nSPS) is 11.9. The number of hydrogen-bond acceptors (Lipinski definition) is 5. The fourth-order valence-corrected chi connectivity index (χ4v) is 5.66. The second-order valence-corrected chi connectivity index (χ2v) is 10.1. The largest absolute Gasteiger partial charge is 0.328 e. The van der Waals surface area contributed by atoms with Crippen LogP contribution in [-0.2, 0) is 27.8 Å². The first-order valence-electron chi connectivity index (χ1n) is 10.8. The predicted octanol–water partition coefficient (Wildman–Crippen LogP) is 4.38. The third-order valence-electron chi connectivity index (χ3n) is 5.39. The average molecular weight is 475 g/mol. The summed E-state index contributed by atoms with van der Waals surface area (Å²) in [5, 5.41) is 2.94. The van der Waals surface area contributed by atoms with E-state index in [4.69, 9.17) is 0 Å². The summed E-state index contributed by atoms with van der Waals surface area (Å²) in [6.45, 7) is 7.18. The second-order valence-electron chi connectivity index (χ2n) is 7.29. The Bertz CT molecular complexity index is 1200. The van der Waals surface area contributed by atoms with Crippen molar-refractivity contribution in [1.29, 1.82) is 0 Å². The van der Waals surface area contributed by atoms with Crippen LogP contribution in [0.3, 0.4) is 0 Å². The molecule has 0 saturated heterocycles. The standard InChI is InChI=1S/C23H30N4O3S2/c1-5-26(6-2)32(29,30)19-11-12-21-20(16-19)25-22(27(21)7-3)13-14-23(28)24-17-9-8-10-18(15-17)31-4/h8-12,15-16H,5-7,13-14H2,1-4H3,(H,24,28). The summed E-state index contributed by atoms with van der Waals surface area (Å²) in [6.07, 6.45) is 2.75. The van der Waals surface area contributed by atoms with Crippen LogP contribution < -0.4 is 5.32 Å². The van der Waals surface area contributed by atoms with Gasteiger partial charge in [0.1, 0.15) is 5.82 Å². The van der Waals surface area contributed by atoms with Crippen molar-refractivity contribution in [1.82, 2.24) is 13.9 Å². The quantitative estimate of drug-likeness (QED) is 0.441. The van der Waals surface area contributed by atoms with E-state index in [0.717, 1.165) is 21.9 Å². The van der Waals surface area contributed by atoms with Gasteiger partial charge in [0.05, 0.1) is 15.9 Å². The maximum Gasteiger partial charge on any atom is 0.243 e. The smallest absolute Gasteiger partial charge is 0.243 e. The Kier molecular flexibility index (Phi) is 7.97. The van der Waals surface area contributed by atoms with Crippen LogP contribution >= 0.6 is 11.8 Å². The van der Waals surface area contributed by atoms with Crippen LogP contribution in [0.5, 0.6) is 0 Å². The average Bonchev–Trinajstić information content (AvgIpc) is 3.15. The lowest BCUT2D eigenvalue weighted by Gasteiger charge is -2.18. The number of carbonyl (C=O) groups excluding carboxylic acids is 1. The van der Waals surface area contributed by atoms with Crippen molar-refractivity contribution in [3.8, 4) is 0 Å². The molecule has 3 aromatic rings. The van der Waals surface area contributed by atoms with E-state index in [1.54, 1.807) is 30.0 Å². The number of aryl methyl sites for hydroxylation is 2. The molecule has 1 heterocycles. The minimum atomic E-state index is -3.55. The zero-order valence-corrected chi connectivity index (χ0v) is 20.6. The minimum Gasteiger partial charge on any atom is -0.328 e. The summed E-state index contributed by atoms with van der Waals surface area (Å²) >= 11 is 1.62. The molecule has 1 aromatic heterocycles. The number of nitrogens with zero attached hydrogens (tertiary/aromatic N) is 3. The molecule has 0 spiro atoms. The number of anilines is 1. The summed E-state index contributed by atoms with van der Waals surface area (Å²) in [5.41, 5.74) is 2.27. The van der Waals surface area contributed by atoms with Crippen molar-refractivity contribution in [2.24, 2.45) is 0 Å². The topological polar surface area (TPSA) is 84.3 Å². The Hall–Kier alpha value is -2.36. The molecule has 9 heteroatoms. The van der Waals surface area contributed by atoms with E-state index in [0.29, 0.717) is 31.6 Å². The number of amides is 1. The van der Waals surface area contributed by atoms with Crippen LogP contribution in [-0.4, -0.2) is 47.5 Å². The van der Waals surface area contributed by atoms with E-state index in [-0.39, 0.29) is 17.2 Å². The van der Waals surface area contributed by atoms with E-state index in [1.165, 1.54) is 4.31 Å². The maximum absolute atomic E-state index is 12.9. The Labute approximate surface area is 194 Å². The molecule has 0 unspecified atom stereocenters. The van der Waals surface area contributed by atoms with E-state index in [1.807, 2.05) is 55.9 Å². The minimum absolute atomic E-state index is 0.0808. The number of hydrogen-bond donors (Lipinski definition) is 1. The van der Waals surface area contributed by atoms with E-state index >= 15 is 0 Å². The van der Waals surface area contributed by atoms with Gasteiger partial charge in [0, 0.05) is 43.1 Å². The number of aromatic nitrogens is 2. The summed E-state index contributed by atoms with van der Waals surface area (Å²) in [7, 11) is -3.55. The van der Waals surface area contributed by atoms with Crippen LogP contribution in [0, 0.1) is 0 Å². The molecule has 2 aromatic carbocycles. The molecule has 32 heavy (non-hydrogen) atoms. The fraction of sp³-hybridized carbons (Fsp3) is 0.391. The number of thioether (sulfide) groups is 1. The van der Waals surface area contributed by atoms with Crippen LogP contribution in [0.1, 0.15) is 33.0 Å². The van der Waals surface area contributed by atoms with Gasteiger partial charge in [-0.2, -0.15) is 4.31 Å². The van der Waals surface area contributed by atoms with Gasteiger partial charge in [-0.1, -0.05) is 19.9 Å². The van der Waals surface area contributed by atoms with Crippen LogP contribution in [0.25, 0.3) is 11.0 Å². The van der Waals surface area contributed by atoms with Crippen LogP contribution in [0.4, 0.5) is 5.69 Å². The van der Waals surface area contributed by atoms with Crippen molar-refractivity contribution < 1.29 is 13.2 Å². The highest BCUT2D eigenvalue weighted by Crippen LogP contribution is 2.24. The summed E-state index contributed by atoms with van der Waals surface area (Å²) < 4.78 is 29.2. The van der Waals surface area contributed by atoms with Crippen molar-refractivity contribution in [3.05, 3.63) is 48.3 Å². The first-order chi connectivity index (χ1) is 15.3. The SMILES string of the molecule is CCN(CC)S(=O)(=O)c1ccc2c(c1)nc(CCC(=O)Nc1cccc(SC)c1)n2CC. The first kappa shape index (κ1) is 24.3. The van der Waals surface area contributed by atoms with Crippen LogP contribution in [0.15, 0.2) is 52.3 Å². The molecule has 0 bridgehead atoms. The number of sulfonamides is 1. The number of fused-ring (bicyclic) bond motifs is 1. The van der Waals surface area contributed by atoms with Crippen molar-refractivity contribution in [2.45, 2.75) is 49.9 Å². The molecule has 0 radical (unpaired) electrons. The molecule has 172 valence electrons. The Morgan fingerprint density at radius 1 is 1.12 bits per heavy atom. The lowest BCUT2D eigenvalue weighted by molar-refractivity contribution is -0.116. The zero-order chi connectivity index (χ0) is 23.3. The van der Waals surface area contributed by atoms with E-state index in [2.05, 4.69) is 10.3 Å². The van der Waals surface area contributed by atoms with Gasteiger partial charge < -0.3 is 9.88 Å². The molecule has 0 aliphatic rings. The lowest BCUT2D eigenvalue weighted by atomic mass is 10.2. The molecule has 0 atom stereocenters. The van der Waals surface area contributed by atoms with Gasteiger partial charge in [0.25, 0.3) is 0 Å². The number of benzene rings is 2. The Balaban J connectivity index is 1.80. The molecule has 0 aliphatic carbocycles. The molecule has 7 nitrogen and oxygen atoms in total. The Morgan fingerprint density at radius 2 is 1.88 bits per heavy atom. The molecule has 1 N–H and O–H groups in total. The maximum atomic E-state index is 12.9. The van der Waals surface area contributed by atoms with E-state index < -0.39 is 10.0 Å². The zero-order valence-electron chi connectivity index (χ0n) is 19.0. The van der Waals surface area contributed by atoms with E-state index in [9.17, 15) is 13.2 Å². The summed E-state index contributed by atoms with van der Waals surface area (Å²) in [4.78, 5) is 18.5. The Morgan fingerprint density at radius 3 is 2.53 bits per heavy atom. The summed E-state index contributed by atoms with van der Waals surface area (Å²) in [6, 6.07) is 12.8. The van der Waals surface area contributed by atoms with Gasteiger partial charge in [-0.3, -0.25) is 4.79 Å². The monoisotopic (exact) mass is 474 g/mol. The lowest BCUT2D eigenvalue weighted by Crippen LogP contribution is -2.30. The first-order valence-corrected chi connectivity index (χ1v) is 13.4. The highest BCUT2D eigenvalue weighted by atomic mass is 32.2. The number of nitrogens with one attached hydrogen (secondary N) is 1. The van der Waals surface area contributed by atoms with Crippen molar-refractivity contribution >= 4 is 44.4 Å². The molecule has 0 aliphatic heterocycles. The van der Waals surface area contributed by atoms with Gasteiger partial charge in [-0.05, 0) is 49.6 Å². The number of carbonyl (C=O) groups is 1. The third kappa shape index (κ3) is 5.16. The third-order valence-corrected chi connectivity index (χ3v) is 8.16. The van der Waals surface area contributed by atoms with Gasteiger partial charge in [0.15, 0.2) is 0 Å². The van der Waals surface area contributed by atoms with Gasteiger partial charge in [-0.25, -0.2) is 13.4 Å². The second kappa shape index (κ2) is 10.5. The van der Waals surface area contributed by atoms with Gasteiger partial charge >= 0.3 is 0 Å². The van der Waals surface area contributed by atoms with Gasteiger partial charge in [0.2, 0.25) is 15.9 Å². The fourth-order valence-electron chi connectivity index (χ4n) is 3.73. The highest BCUT2D eigenvalue weighted by Gasteiger charge is 2.23. The number of imidazole rings is 1.